The molecule has 7 nitrogen and oxygen atoms in total. The molecule has 1 aromatic carbocycles. The predicted molar refractivity (Wildman–Crippen MR) is 109 cm³/mol. The molecule has 0 radical (unpaired) electrons. The fraction of sp³-hybridized carbons (Fsp3) is 0.571. The highest BCUT2D eigenvalue weighted by atomic mass is 16.5. The largest absolute Gasteiger partial charge is 0.493 e. The Kier molecular flexibility index (Phi) is 5.78. The molecule has 1 aromatic heterocycles. The number of nitrogens with one attached hydrogen (secondary N) is 2. The van der Waals surface area contributed by atoms with Crippen molar-refractivity contribution in [3.8, 4) is 5.75 Å². The van der Waals surface area contributed by atoms with E-state index in [4.69, 9.17) is 4.74 Å². The first-order valence-electron chi connectivity index (χ1n) is 10.3. The van der Waals surface area contributed by atoms with Gasteiger partial charge >= 0.3 is 0 Å². The molecule has 0 amide bonds. The van der Waals surface area contributed by atoms with E-state index in [9.17, 15) is 0 Å². The summed E-state index contributed by atoms with van der Waals surface area (Å²) < 4.78 is 8.30. The maximum atomic E-state index is 6.07. The van der Waals surface area contributed by atoms with Crippen LogP contribution in [0.25, 0.3) is 0 Å². The molecule has 150 valence electrons. The quantitative estimate of drug-likeness (QED) is 0.569. The predicted octanol–water partition coefficient (Wildman–Crippen LogP) is 2.58. The summed E-state index contributed by atoms with van der Waals surface area (Å²) in [4.78, 5) is 4.34. The van der Waals surface area contributed by atoms with Crippen molar-refractivity contribution in [1.82, 2.24) is 25.4 Å². The average molecular weight is 383 g/mol. The van der Waals surface area contributed by atoms with Gasteiger partial charge in [-0.05, 0) is 50.2 Å². The van der Waals surface area contributed by atoms with Crippen LogP contribution in [-0.2, 0) is 26.1 Å². The number of nitrogens with zero attached hydrogens (tertiary/aromatic N) is 4. The minimum absolute atomic E-state index is 0.617. The number of aromatic nitrogens is 3. The second kappa shape index (κ2) is 8.63. The van der Waals surface area contributed by atoms with Crippen molar-refractivity contribution in [2.75, 3.05) is 13.7 Å². The van der Waals surface area contributed by atoms with Gasteiger partial charge in [-0.3, -0.25) is 4.99 Å². The van der Waals surface area contributed by atoms with Gasteiger partial charge in [0.2, 0.25) is 0 Å². The molecule has 1 aliphatic carbocycles. The van der Waals surface area contributed by atoms with Gasteiger partial charge in [0.25, 0.3) is 0 Å². The molecule has 0 unspecified atom stereocenters. The molecule has 4 rings (SSSR count). The summed E-state index contributed by atoms with van der Waals surface area (Å²) in [7, 11) is 1.79. The minimum Gasteiger partial charge on any atom is -0.493 e. The molecule has 2 heterocycles. The summed E-state index contributed by atoms with van der Waals surface area (Å²) >= 11 is 0. The first kappa shape index (κ1) is 18.8. The lowest BCUT2D eigenvalue weighted by molar-refractivity contribution is 0.296. The Morgan fingerprint density at radius 2 is 2.07 bits per heavy atom. The van der Waals surface area contributed by atoms with Crippen molar-refractivity contribution in [1.29, 1.82) is 0 Å². The highest BCUT2D eigenvalue weighted by molar-refractivity contribution is 5.79. The fourth-order valence-corrected chi connectivity index (χ4v) is 3.50. The van der Waals surface area contributed by atoms with Gasteiger partial charge in [-0.2, -0.15) is 0 Å². The van der Waals surface area contributed by atoms with Crippen molar-refractivity contribution >= 4 is 5.96 Å². The van der Waals surface area contributed by atoms with Crippen molar-refractivity contribution in [2.45, 2.75) is 58.7 Å². The number of ether oxygens (including phenoxy) is 1. The molecule has 0 spiro atoms. The van der Waals surface area contributed by atoms with Crippen LogP contribution in [0.1, 0.15) is 48.5 Å². The summed E-state index contributed by atoms with van der Waals surface area (Å²) in [6.07, 6.45) is 6.01. The van der Waals surface area contributed by atoms with Gasteiger partial charge in [0.15, 0.2) is 11.8 Å². The third-order valence-corrected chi connectivity index (χ3v) is 5.41. The van der Waals surface area contributed by atoms with E-state index in [2.05, 4.69) is 55.5 Å². The molecule has 0 bridgehead atoms. The van der Waals surface area contributed by atoms with E-state index < -0.39 is 0 Å². The van der Waals surface area contributed by atoms with E-state index in [-0.39, 0.29) is 0 Å². The summed E-state index contributed by atoms with van der Waals surface area (Å²) in [5.74, 6) is 4.54. The maximum absolute atomic E-state index is 6.07. The lowest BCUT2D eigenvalue weighted by Gasteiger charge is -2.17. The lowest BCUT2D eigenvalue weighted by Crippen LogP contribution is -2.37. The van der Waals surface area contributed by atoms with Gasteiger partial charge < -0.3 is 19.9 Å². The molecule has 2 aromatic rings. The Morgan fingerprint density at radius 3 is 2.89 bits per heavy atom. The molecule has 2 N–H and O–H groups in total. The van der Waals surface area contributed by atoms with E-state index in [1.165, 1.54) is 31.2 Å². The van der Waals surface area contributed by atoms with Crippen LogP contribution in [-0.4, -0.2) is 34.4 Å². The number of aryl methyl sites for hydroxylation is 2. The van der Waals surface area contributed by atoms with E-state index >= 15 is 0 Å². The molecular formula is C21H30N6O. The summed E-state index contributed by atoms with van der Waals surface area (Å²) in [5, 5.41) is 15.4. The average Bonchev–Trinajstić information content (AvgIpc) is 3.46. The zero-order valence-corrected chi connectivity index (χ0v) is 16.9. The maximum Gasteiger partial charge on any atom is 0.191 e. The lowest BCUT2D eigenvalue weighted by atomic mass is 10.1. The van der Waals surface area contributed by atoms with Crippen molar-refractivity contribution < 1.29 is 4.74 Å². The molecule has 2 aliphatic rings. The summed E-state index contributed by atoms with van der Waals surface area (Å²) in [5.41, 5.74) is 2.36. The van der Waals surface area contributed by atoms with Gasteiger partial charge in [-0.1, -0.05) is 12.1 Å². The smallest absolute Gasteiger partial charge is 0.191 e. The van der Waals surface area contributed by atoms with E-state index in [0.29, 0.717) is 13.1 Å². The molecule has 1 aliphatic heterocycles. The van der Waals surface area contributed by atoms with Crippen molar-refractivity contribution in [3.05, 3.63) is 41.0 Å². The van der Waals surface area contributed by atoms with Crippen LogP contribution in [0.5, 0.6) is 5.75 Å². The van der Waals surface area contributed by atoms with Crippen LogP contribution in [0.15, 0.2) is 23.2 Å². The van der Waals surface area contributed by atoms with Crippen LogP contribution in [0.3, 0.4) is 0 Å². The minimum atomic E-state index is 0.617. The third kappa shape index (κ3) is 4.64. The van der Waals surface area contributed by atoms with Crippen LogP contribution in [0.4, 0.5) is 0 Å². The first-order valence-corrected chi connectivity index (χ1v) is 10.3. The summed E-state index contributed by atoms with van der Waals surface area (Å²) in [6.45, 7) is 5.21. The van der Waals surface area contributed by atoms with Crippen molar-refractivity contribution in [3.63, 3.8) is 0 Å². The Hall–Kier alpha value is -2.57. The Bertz CT molecular complexity index is 839. The van der Waals surface area contributed by atoms with E-state index in [1.807, 2.05) is 0 Å². The fourth-order valence-electron chi connectivity index (χ4n) is 3.50. The molecule has 7 heteroatoms. The zero-order valence-electron chi connectivity index (χ0n) is 16.9. The van der Waals surface area contributed by atoms with Gasteiger partial charge in [-0.15, -0.1) is 10.2 Å². The van der Waals surface area contributed by atoms with Crippen LogP contribution >= 0.6 is 0 Å². The number of hydrogen-bond acceptors (Lipinski definition) is 4. The number of fused-ring (bicyclic) bond motifs is 1. The number of benzene rings is 1. The molecule has 28 heavy (non-hydrogen) atoms. The second-order valence-electron chi connectivity index (χ2n) is 7.79. The monoisotopic (exact) mass is 382 g/mol. The van der Waals surface area contributed by atoms with Crippen LogP contribution in [0, 0.1) is 12.8 Å². The third-order valence-electron chi connectivity index (χ3n) is 5.41. The normalized spacial score (nSPS) is 16.6. The van der Waals surface area contributed by atoms with Gasteiger partial charge in [0.1, 0.15) is 11.6 Å². The molecule has 1 fully saturated rings. The standard InChI is InChI=1S/C21H30N6O/c1-15-6-9-17(18(11-15)28-14-16-7-8-16)12-23-21(22-2)24-13-20-26-25-19-5-3-4-10-27(19)20/h6,9,11,16H,3-5,7-8,10,12-14H2,1-2H3,(H2,22,23,24). The first-order chi connectivity index (χ1) is 13.7. The highest BCUT2D eigenvalue weighted by Gasteiger charge is 2.22. The Labute approximate surface area is 166 Å². The van der Waals surface area contributed by atoms with Crippen LogP contribution < -0.4 is 15.4 Å². The SMILES string of the molecule is CN=C(NCc1ccc(C)cc1OCC1CC1)NCc1nnc2n1CCCC2. The van der Waals surface area contributed by atoms with Gasteiger partial charge in [-0.25, -0.2) is 0 Å². The zero-order chi connectivity index (χ0) is 19.3. The number of rotatable bonds is 7. The molecule has 1 saturated carbocycles. The molecule has 0 saturated heterocycles. The van der Waals surface area contributed by atoms with Crippen molar-refractivity contribution in [2.24, 2.45) is 10.9 Å². The number of guanidine groups is 1. The Morgan fingerprint density at radius 1 is 1.21 bits per heavy atom. The summed E-state index contributed by atoms with van der Waals surface area (Å²) in [6, 6.07) is 6.38. The number of hydrogen-bond donors (Lipinski definition) is 2. The number of aliphatic imine (C=N–C) groups is 1. The molecule has 0 atom stereocenters. The van der Waals surface area contributed by atoms with Gasteiger partial charge in [0.05, 0.1) is 13.2 Å². The topological polar surface area (TPSA) is 76.4 Å². The Balaban J connectivity index is 1.33. The van der Waals surface area contributed by atoms with E-state index in [1.54, 1.807) is 7.05 Å². The highest BCUT2D eigenvalue weighted by Crippen LogP contribution is 2.30. The van der Waals surface area contributed by atoms with Gasteiger partial charge in [0, 0.05) is 32.1 Å². The molecular weight excluding hydrogens is 352 g/mol. The van der Waals surface area contributed by atoms with Crippen LogP contribution in [0.2, 0.25) is 0 Å². The van der Waals surface area contributed by atoms with E-state index in [0.717, 1.165) is 54.4 Å². The second-order valence-corrected chi connectivity index (χ2v) is 7.79.